The molecule has 0 unspecified atom stereocenters. The summed E-state index contributed by atoms with van der Waals surface area (Å²) in [7, 11) is -0.397. The van der Waals surface area contributed by atoms with Gasteiger partial charge >= 0.3 is 0 Å². The third-order valence-electron chi connectivity index (χ3n) is 1.90. The lowest BCUT2D eigenvalue weighted by Crippen LogP contribution is -2.28. The summed E-state index contributed by atoms with van der Waals surface area (Å²) in [6.07, 6.45) is 1.53. The van der Waals surface area contributed by atoms with E-state index in [1.807, 2.05) is 0 Å². The van der Waals surface area contributed by atoms with Crippen molar-refractivity contribution in [1.29, 1.82) is 0 Å². The predicted molar refractivity (Wildman–Crippen MR) is 60.8 cm³/mol. The quantitative estimate of drug-likeness (QED) is 0.692. The topological polar surface area (TPSA) is 80.3 Å². The average Bonchev–Trinajstić information content (AvgIpc) is 2.29. The van der Waals surface area contributed by atoms with E-state index in [1.165, 1.54) is 19.4 Å². The first-order valence-electron chi connectivity index (χ1n) is 4.73. The molecule has 0 aliphatic carbocycles. The monoisotopic (exact) mass is 245 g/mol. The highest BCUT2D eigenvalue weighted by Gasteiger charge is 2.17. The summed E-state index contributed by atoms with van der Waals surface area (Å²) < 4.78 is 30.9. The summed E-state index contributed by atoms with van der Waals surface area (Å²) in [5, 5.41) is 2.73. The second-order valence-electron chi connectivity index (χ2n) is 2.99. The second kappa shape index (κ2) is 5.78. The molecule has 1 aromatic heterocycles. The third-order valence-corrected chi connectivity index (χ3v) is 3.39. The SMILES string of the molecule is CNc1ncccc1S(=O)(=O)NCCOC. The van der Waals surface area contributed by atoms with Crippen molar-refractivity contribution in [2.75, 3.05) is 32.6 Å². The van der Waals surface area contributed by atoms with Crippen LogP contribution in [0.3, 0.4) is 0 Å². The zero-order chi connectivity index (χ0) is 12.0. The highest BCUT2D eigenvalue weighted by Crippen LogP contribution is 2.16. The number of hydrogen-bond acceptors (Lipinski definition) is 5. The summed E-state index contributed by atoms with van der Waals surface area (Å²) in [5.41, 5.74) is 0. The van der Waals surface area contributed by atoms with Crippen LogP contribution in [0.1, 0.15) is 0 Å². The molecule has 0 spiro atoms. The molecule has 0 aliphatic rings. The minimum atomic E-state index is -3.53. The molecule has 1 heterocycles. The van der Waals surface area contributed by atoms with Crippen LogP contribution in [-0.4, -0.2) is 40.7 Å². The standard InChI is InChI=1S/C9H15N3O3S/c1-10-9-8(4-3-5-11-9)16(13,14)12-6-7-15-2/h3-5,12H,6-7H2,1-2H3,(H,10,11). The molecule has 0 atom stereocenters. The van der Waals surface area contributed by atoms with Gasteiger partial charge in [0.1, 0.15) is 10.7 Å². The number of rotatable bonds is 6. The summed E-state index contributed by atoms with van der Waals surface area (Å²) in [6, 6.07) is 3.07. The van der Waals surface area contributed by atoms with Crippen molar-refractivity contribution in [2.45, 2.75) is 4.90 Å². The summed E-state index contributed by atoms with van der Waals surface area (Å²) >= 11 is 0. The lowest BCUT2D eigenvalue weighted by atomic mass is 10.5. The van der Waals surface area contributed by atoms with Crippen LogP contribution in [-0.2, 0) is 14.8 Å². The maximum absolute atomic E-state index is 11.8. The first kappa shape index (κ1) is 12.9. The Bertz CT molecular complexity index is 433. The van der Waals surface area contributed by atoms with E-state index >= 15 is 0 Å². The van der Waals surface area contributed by atoms with Crippen LogP contribution >= 0.6 is 0 Å². The fourth-order valence-electron chi connectivity index (χ4n) is 1.15. The van der Waals surface area contributed by atoms with Crippen molar-refractivity contribution in [2.24, 2.45) is 0 Å². The van der Waals surface area contributed by atoms with E-state index in [0.29, 0.717) is 12.4 Å². The first-order valence-corrected chi connectivity index (χ1v) is 6.21. The fourth-order valence-corrected chi connectivity index (χ4v) is 2.33. The van der Waals surface area contributed by atoms with Gasteiger partial charge in [-0.15, -0.1) is 0 Å². The number of methoxy groups -OCH3 is 1. The van der Waals surface area contributed by atoms with Crippen molar-refractivity contribution in [3.63, 3.8) is 0 Å². The number of pyridine rings is 1. The molecule has 0 saturated heterocycles. The number of sulfonamides is 1. The van der Waals surface area contributed by atoms with Gasteiger partial charge in [-0.25, -0.2) is 18.1 Å². The molecule has 6 nitrogen and oxygen atoms in total. The molecule has 0 aliphatic heterocycles. The summed E-state index contributed by atoms with van der Waals surface area (Å²) in [6.45, 7) is 0.561. The second-order valence-corrected chi connectivity index (χ2v) is 4.73. The molecule has 0 amide bonds. The molecule has 0 radical (unpaired) electrons. The van der Waals surface area contributed by atoms with E-state index in [9.17, 15) is 8.42 Å². The van der Waals surface area contributed by atoms with Gasteiger partial charge in [0.05, 0.1) is 6.61 Å². The van der Waals surface area contributed by atoms with Crippen molar-refractivity contribution in [3.05, 3.63) is 18.3 Å². The van der Waals surface area contributed by atoms with Crippen molar-refractivity contribution >= 4 is 15.8 Å². The summed E-state index contributed by atoms with van der Waals surface area (Å²) in [5.74, 6) is 0.326. The molecule has 2 N–H and O–H groups in total. The lowest BCUT2D eigenvalue weighted by molar-refractivity contribution is 0.204. The van der Waals surface area contributed by atoms with E-state index in [-0.39, 0.29) is 11.4 Å². The van der Waals surface area contributed by atoms with Gasteiger partial charge in [0.2, 0.25) is 10.0 Å². The number of hydrogen-bond donors (Lipinski definition) is 2. The smallest absolute Gasteiger partial charge is 0.244 e. The van der Waals surface area contributed by atoms with E-state index in [1.54, 1.807) is 13.1 Å². The van der Waals surface area contributed by atoms with Crippen molar-refractivity contribution in [1.82, 2.24) is 9.71 Å². The molecule has 0 bridgehead atoms. The number of nitrogens with one attached hydrogen (secondary N) is 2. The van der Waals surface area contributed by atoms with Crippen molar-refractivity contribution < 1.29 is 13.2 Å². The van der Waals surface area contributed by atoms with Crippen LogP contribution in [0.2, 0.25) is 0 Å². The molecule has 7 heteroatoms. The Kier molecular flexibility index (Phi) is 4.66. The Morgan fingerprint density at radius 1 is 1.50 bits per heavy atom. The van der Waals surface area contributed by atoms with Crippen LogP contribution in [0.15, 0.2) is 23.2 Å². The molecule has 16 heavy (non-hydrogen) atoms. The van der Waals surface area contributed by atoms with Crippen LogP contribution in [0.5, 0.6) is 0 Å². The van der Waals surface area contributed by atoms with E-state index in [0.717, 1.165) is 0 Å². The maximum Gasteiger partial charge on any atom is 0.244 e. The average molecular weight is 245 g/mol. The Labute approximate surface area is 95.1 Å². The van der Waals surface area contributed by atoms with Gasteiger partial charge in [0.15, 0.2) is 0 Å². The van der Waals surface area contributed by atoms with Gasteiger partial charge in [0.25, 0.3) is 0 Å². The van der Waals surface area contributed by atoms with Gasteiger partial charge in [-0.2, -0.15) is 0 Å². The zero-order valence-electron chi connectivity index (χ0n) is 9.23. The molecule has 1 aromatic rings. The van der Waals surface area contributed by atoms with Crippen LogP contribution in [0, 0.1) is 0 Å². The molecule has 0 fully saturated rings. The van der Waals surface area contributed by atoms with Gasteiger partial charge in [0, 0.05) is 26.9 Å². The fraction of sp³-hybridized carbons (Fsp3) is 0.444. The molecule has 1 rings (SSSR count). The number of anilines is 1. The number of nitrogens with zero attached hydrogens (tertiary/aromatic N) is 1. The number of aromatic nitrogens is 1. The summed E-state index contributed by atoms with van der Waals surface area (Å²) in [4.78, 5) is 4.06. The molecule has 90 valence electrons. The van der Waals surface area contributed by atoms with Gasteiger partial charge in [-0.1, -0.05) is 0 Å². The Balaban J connectivity index is 2.89. The van der Waals surface area contributed by atoms with Crippen LogP contribution < -0.4 is 10.0 Å². The lowest BCUT2D eigenvalue weighted by Gasteiger charge is -2.09. The Morgan fingerprint density at radius 3 is 2.88 bits per heavy atom. The van der Waals surface area contributed by atoms with Gasteiger partial charge < -0.3 is 10.1 Å². The normalized spacial score (nSPS) is 11.4. The third kappa shape index (κ3) is 3.16. The molecular formula is C9H15N3O3S. The van der Waals surface area contributed by atoms with Crippen LogP contribution in [0.4, 0.5) is 5.82 Å². The van der Waals surface area contributed by atoms with E-state index < -0.39 is 10.0 Å². The van der Waals surface area contributed by atoms with Crippen molar-refractivity contribution in [3.8, 4) is 0 Å². The Morgan fingerprint density at radius 2 is 2.25 bits per heavy atom. The van der Waals surface area contributed by atoms with Crippen LogP contribution in [0.25, 0.3) is 0 Å². The van der Waals surface area contributed by atoms with E-state index in [2.05, 4.69) is 15.0 Å². The molecule has 0 aromatic carbocycles. The minimum Gasteiger partial charge on any atom is -0.383 e. The molecule has 0 saturated carbocycles. The van der Waals surface area contributed by atoms with E-state index in [4.69, 9.17) is 4.74 Å². The highest BCUT2D eigenvalue weighted by molar-refractivity contribution is 7.89. The number of ether oxygens (including phenoxy) is 1. The van der Waals surface area contributed by atoms with Gasteiger partial charge in [-0.05, 0) is 12.1 Å². The first-order chi connectivity index (χ1) is 7.61. The maximum atomic E-state index is 11.8. The highest BCUT2D eigenvalue weighted by atomic mass is 32.2. The predicted octanol–water partition coefficient (Wildman–Crippen LogP) is 0.0480. The van der Waals surface area contributed by atoms with Gasteiger partial charge in [-0.3, -0.25) is 0 Å². The minimum absolute atomic E-state index is 0.133. The molecular weight excluding hydrogens is 230 g/mol. The Hall–Kier alpha value is -1.18. The zero-order valence-corrected chi connectivity index (χ0v) is 10.0. The largest absolute Gasteiger partial charge is 0.383 e.